The van der Waals surface area contributed by atoms with E-state index >= 15 is 0 Å². The van der Waals surface area contributed by atoms with Gasteiger partial charge in [-0.3, -0.25) is 0 Å². The Kier molecular flexibility index (Phi) is 6.38. The fourth-order valence-electron chi connectivity index (χ4n) is 2.46. The highest BCUT2D eigenvalue weighted by atomic mass is 35.5. The van der Waals surface area contributed by atoms with E-state index in [2.05, 4.69) is 10.3 Å². The van der Waals surface area contributed by atoms with Crippen molar-refractivity contribution in [3.8, 4) is 0 Å². The smallest absolute Gasteiger partial charge is 0.444 e. The molecule has 2 rings (SSSR count). The number of ether oxygens (including phenoxy) is 1. The predicted octanol–water partition coefficient (Wildman–Crippen LogP) is 3.86. The summed E-state index contributed by atoms with van der Waals surface area (Å²) >= 11 is 5.90. The number of alkyl carbamates (subject to hydrolysis) is 1. The van der Waals surface area contributed by atoms with Crippen LogP contribution in [0.1, 0.15) is 54.0 Å². The van der Waals surface area contributed by atoms with Gasteiger partial charge in [0.2, 0.25) is 0 Å². The van der Waals surface area contributed by atoms with Gasteiger partial charge in [0.1, 0.15) is 5.60 Å². The van der Waals surface area contributed by atoms with E-state index < -0.39 is 30.0 Å². The topological polar surface area (TPSA) is 95.7 Å². The summed E-state index contributed by atoms with van der Waals surface area (Å²) in [7, 11) is -0.642. The zero-order valence-corrected chi connectivity index (χ0v) is 18.3. The molecule has 28 heavy (non-hydrogen) atoms. The first-order valence-corrected chi connectivity index (χ1v) is 9.52. The van der Waals surface area contributed by atoms with Gasteiger partial charge in [0, 0.05) is 12.7 Å². The summed E-state index contributed by atoms with van der Waals surface area (Å²) in [5.41, 5.74) is 6.02. The predicted molar refractivity (Wildman–Crippen MR) is 112 cm³/mol. The number of rotatable bonds is 4. The van der Waals surface area contributed by atoms with Gasteiger partial charge >= 0.3 is 13.2 Å². The molecule has 1 aromatic rings. The van der Waals surface area contributed by atoms with Crippen molar-refractivity contribution in [2.75, 3.05) is 12.3 Å². The first kappa shape index (κ1) is 22.5. The number of hydrogen-bond donors (Lipinski definition) is 2. The third-order valence-electron chi connectivity index (χ3n) is 4.63. The van der Waals surface area contributed by atoms with E-state index in [9.17, 15) is 4.79 Å². The van der Waals surface area contributed by atoms with E-state index in [-0.39, 0.29) is 11.7 Å². The van der Waals surface area contributed by atoms with Crippen molar-refractivity contribution < 1.29 is 18.8 Å². The highest BCUT2D eigenvalue weighted by Crippen LogP contribution is 2.38. The first-order chi connectivity index (χ1) is 12.7. The number of halogens is 1. The summed E-state index contributed by atoms with van der Waals surface area (Å²) in [5.74, 6) is 0. The minimum atomic E-state index is -0.642. The first-order valence-electron chi connectivity index (χ1n) is 9.14. The highest BCUT2D eigenvalue weighted by Gasteiger charge is 2.52. The number of amides is 1. The van der Waals surface area contributed by atoms with E-state index in [0.717, 1.165) is 5.56 Å². The molecule has 7 nitrogen and oxygen atoms in total. The van der Waals surface area contributed by atoms with Crippen molar-refractivity contribution in [2.45, 2.75) is 65.3 Å². The minimum absolute atomic E-state index is 0.175. The quantitative estimate of drug-likeness (QED) is 0.579. The van der Waals surface area contributed by atoms with Gasteiger partial charge in [-0.2, -0.15) is 0 Å². The van der Waals surface area contributed by atoms with Crippen LogP contribution < -0.4 is 11.1 Å². The van der Waals surface area contributed by atoms with Crippen LogP contribution >= 0.6 is 11.6 Å². The number of pyridine rings is 1. The van der Waals surface area contributed by atoms with Gasteiger partial charge in [-0.05, 0) is 65.6 Å². The van der Waals surface area contributed by atoms with Crippen LogP contribution in [0, 0.1) is 0 Å². The molecule has 1 saturated heterocycles. The molecule has 0 saturated carbocycles. The SMILES string of the molecule is CC(C)(C)OC(=O)NCC(=Cc1cnc(Cl)c(N)c1)B1OC(C)(C)C(C)(C)O1. The number of hydrogen-bond acceptors (Lipinski definition) is 6. The van der Waals surface area contributed by atoms with Crippen molar-refractivity contribution in [3.05, 3.63) is 28.5 Å². The second kappa shape index (κ2) is 7.93. The van der Waals surface area contributed by atoms with Crippen LogP contribution in [0.5, 0.6) is 0 Å². The summed E-state index contributed by atoms with van der Waals surface area (Å²) in [6.07, 6.45) is 2.89. The monoisotopic (exact) mass is 409 g/mol. The molecule has 9 heteroatoms. The van der Waals surface area contributed by atoms with E-state index in [1.807, 2.05) is 33.8 Å². The lowest BCUT2D eigenvalue weighted by molar-refractivity contribution is 0.00578. The molecule has 0 bridgehead atoms. The van der Waals surface area contributed by atoms with Crippen molar-refractivity contribution in [1.29, 1.82) is 0 Å². The van der Waals surface area contributed by atoms with Gasteiger partial charge in [0.15, 0.2) is 5.15 Å². The number of aromatic nitrogens is 1. The lowest BCUT2D eigenvalue weighted by atomic mass is 9.77. The van der Waals surface area contributed by atoms with Crippen LogP contribution in [-0.4, -0.2) is 41.5 Å². The summed E-state index contributed by atoms with van der Waals surface area (Å²) in [6.45, 7) is 13.5. The van der Waals surface area contributed by atoms with Gasteiger partial charge in [0.25, 0.3) is 0 Å². The Morgan fingerprint density at radius 1 is 1.32 bits per heavy atom. The van der Waals surface area contributed by atoms with Crippen LogP contribution in [-0.2, 0) is 14.0 Å². The normalized spacial score (nSPS) is 18.9. The molecule has 0 unspecified atom stereocenters. The molecule has 3 N–H and O–H groups in total. The summed E-state index contributed by atoms with van der Waals surface area (Å²) in [5, 5.41) is 2.99. The number of carbonyl (C=O) groups excluding carboxylic acids is 1. The van der Waals surface area contributed by atoms with Crippen molar-refractivity contribution >= 4 is 36.6 Å². The molecule has 1 fully saturated rings. The van der Waals surface area contributed by atoms with Crippen molar-refractivity contribution in [3.63, 3.8) is 0 Å². The zero-order chi connectivity index (χ0) is 21.3. The number of nitrogens with zero attached hydrogens (tertiary/aromatic N) is 1. The molecule has 1 amide bonds. The lowest BCUT2D eigenvalue weighted by Gasteiger charge is -2.32. The van der Waals surface area contributed by atoms with Crippen LogP contribution in [0.2, 0.25) is 5.15 Å². The van der Waals surface area contributed by atoms with Crippen LogP contribution in [0.4, 0.5) is 10.5 Å². The number of anilines is 1. The molecular weight excluding hydrogens is 380 g/mol. The van der Waals surface area contributed by atoms with Crippen molar-refractivity contribution in [2.24, 2.45) is 0 Å². The maximum atomic E-state index is 12.1. The summed E-state index contributed by atoms with van der Waals surface area (Å²) < 4.78 is 17.6. The Labute approximate surface area is 172 Å². The third-order valence-corrected chi connectivity index (χ3v) is 4.95. The second-order valence-electron chi connectivity index (χ2n) is 8.81. The van der Waals surface area contributed by atoms with Crippen molar-refractivity contribution in [1.82, 2.24) is 10.3 Å². The Hall–Kier alpha value is -1.77. The molecule has 0 aliphatic carbocycles. The Bertz CT molecular complexity index is 759. The molecule has 0 radical (unpaired) electrons. The number of nitrogens with one attached hydrogen (secondary N) is 1. The Balaban J connectivity index is 2.27. The maximum Gasteiger partial charge on any atom is 0.492 e. The van der Waals surface area contributed by atoms with Gasteiger partial charge in [-0.25, -0.2) is 9.78 Å². The van der Waals surface area contributed by atoms with Gasteiger partial charge in [0.05, 0.1) is 16.9 Å². The average molecular weight is 410 g/mol. The zero-order valence-electron chi connectivity index (χ0n) is 17.6. The fraction of sp³-hybridized carbons (Fsp3) is 0.579. The molecule has 1 aliphatic rings. The van der Waals surface area contributed by atoms with Crippen LogP contribution in [0.25, 0.3) is 6.08 Å². The summed E-state index contributed by atoms with van der Waals surface area (Å²) in [6, 6.07) is 1.70. The van der Waals surface area contributed by atoms with E-state index in [1.54, 1.807) is 33.0 Å². The molecule has 154 valence electrons. The highest BCUT2D eigenvalue weighted by molar-refractivity contribution is 6.56. The molecule has 0 aromatic carbocycles. The molecular formula is C19H29BClN3O4. The third kappa shape index (κ3) is 5.62. The van der Waals surface area contributed by atoms with Crippen LogP contribution in [0.15, 0.2) is 17.7 Å². The molecule has 2 heterocycles. The molecule has 1 aromatic heterocycles. The number of nitrogen functional groups attached to an aromatic ring is 1. The molecule has 0 atom stereocenters. The van der Waals surface area contributed by atoms with E-state index in [0.29, 0.717) is 11.2 Å². The number of carbonyl (C=O) groups is 1. The second-order valence-corrected chi connectivity index (χ2v) is 9.17. The van der Waals surface area contributed by atoms with E-state index in [1.165, 1.54) is 0 Å². The van der Waals surface area contributed by atoms with Gasteiger partial charge in [-0.15, -0.1) is 0 Å². The molecule has 1 aliphatic heterocycles. The average Bonchev–Trinajstić information content (AvgIpc) is 2.73. The lowest BCUT2D eigenvalue weighted by Crippen LogP contribution is -2.41. The van der Waals surface area contributed by atoms with Crippen LogP contribution in [0.3, 0.4) is 0 Å². The standard InChI is InChI=1S/C19H29BClN3O4/c1-17(2,3)26-16(25)24-11-13(8-12-9-14(22)15(21)23-10-12)20-27-18(4,5)19(6,7)28-20/h8-10H,11,22H2,1-7H3,(H,24,25). The minimum Gasteiger partial charge on any atom is -0.444 e. The van der Waals surface area contributed by atoms with Gasteiger partial charge < -0.3 is 25.1 Å². The largest absolute Gasteiger partial charge is 0.492 e. The maximum absolute atomic E-state index is 12.1. The Morgan fingerprint density at radius 3 is 2.39 bits per heavy atom. The number of nitrogens with two attached hydrogens (primary N) is 1. The molecule has 0 spiro atoms. The fourth-order valence-corrected chi connectivity index (χ4v) is 2.56. The van der Waals surface area contributed by atoms with E-state index in [4.69, 9.17) is 31.4 Å². The van der Waals surface area contributed by atoms with Gasteiger partial charge in [-0.1, -0.05) is 17.7 Å². The summed E-state index contributed by atoms with van der Waals surface area (Å²) in [4.78, 5) is 16.2. The Morgan fingerprint density at radius 2 is 1.89 bits per heavy atom.